The average molecular weight is 219 g/mol. The minimum atomic E-state index is -0.357. The van der Waals surface area contributed by atoms with Crippen LogP contribution < -0.4 is 0 Å². The molecule has 1 aliphatic carbocycles. The van der Waals surface area contributed by atoms with Crippen molar-refractivity contribution in [2.24, 2.45) is 11.3 Å². The Morgan fingerprint density at radius 2 is 2.19 bits per heavy atom. The number of aliphatic hydroxyl groups is 1. The van der Waals surface area contributed by atoms with Gasteiger partial charge >= 0.3 is 0 Å². The highest BCUT2D eigenvalue weighted by Gasteiger charge is 2.39. The van der Waals surface area contributed by atoms with Gasteiger partial charge in [0.2, 0.25) is 0 Å². The lowest BCUT2D eigenvalue weighted by molar-refractivity contribution is 0.0528. The molecule has 2 nitrogen and oxygen atoms in total. The van der Waals surface area contributed by atoms with E-state index in [-0.39, 0.29) is 11.5 Å². The van der Waals surface area contributed by atoms with E-state index in [1.54, 1.807) is 6.20 Å². The molecule has 2 rings (SSSR count). The second kappa shape index (κ2) is 4.17. The molecule has 88 valence electrons. The minimum absolute atomic E-state index is 0.253. The summed E-state index contributed by atoms with van der Waals surface area (Å²) in [5.41, 5.74) is 2.34. The third kappa shape index (κ3) is 2.12. The van der Waals surface area contributed by atoms with Crippen LogP contribution in [0, 0.1) is 18.3 Å². The molecule has 0 aromatic carbocycles. The molecule has 0 amide bonds. The number of aromatic nitrogens is 1. The lowest BCUT2D eigenvalue weighted by Gasteiger charge is -2.31. The second-order valence-corrected chi connectivity index (χ2v) is 5.73. The largest absolute Gasteiger partial charge is 0.388 e. The van der Waals surface area contributed by atoms with Gasteiger partial charge in [-0.05, 0) is 42.2 Å². The standard InChI is InChI=1S/C14H21NO/c1-10-7-11(9-15-8-10)13(16)12-5-4-6-14(12,2)3/h7-9,12-13,16H,4-6H2,1-3H3. The van der Waals surface area contributed by atoms with Gasteiger partial charge in [0, 0.05) is 12.4 Å². The highest BCUT2D eigenvalue weighted by Crippen LogP contribution is 2.48. The maximum Gasteiger partial charge on any atom is 0.0838 e. The summed E-state index contributed by atoms with van der Waals surface area (Å²) in [5.74, 6) is 0.371. The third-order valence-corrected chi connectivity index (χ3v) is 3.96. The van der Waals surface area contributed by atoms with Crippen LogP contribution in [0.4, 0.5) is 0 Å². The number of aryl methyl sites for hydroxylation is 1. The molecule has 2 unspecified atom stereocenters. The quantitative estimate of drug-likeness (QED) is 0.828. The Morgan fingerprint density at radius 1 is 1.44 bits per heavy atom. The Labute approximate surface area is 97.7 Å². The fraction of sp³-hybridized carbons (Fsp3) is 0.643. The molecule has 1 N–H and O–H groups in total. The van der Waals surface area contributed by atoms with Crippen molar-refractivity contribution in [2.45, 2.75) is 46.1 Å². The smallest absolute Gasteiger partial charge is 0.0838 e. The van der Waals surface area contributed by atoms with Gasteiger partial charge in [-0.25, -0.2) is 0 Å². The Bertz CT molecular complexity index is 373. The van der Waals surface area contributed by atoms with E-state index >= 15 is 0 Å². The first-order valence-electron chi connectivity index (χ1n) is 6.10. The van der Waals surface area contributed by atoms with Crippen molar-refractivity contribution < 1.29 is 5.11 Å². The van der Waals surface area contributed by atoms with E-state index in [9.17, 15) is 5.11 Å². The summed E-state index contributed by atoms with van der Waals surface area (Å²) < 4.78 is 0. The van der Waals surface area contributed by atoms with Gasteiger partial charge in [-0.2, -0.15) is 0 Å². The molecule has 1 aromatic heterocycles. The number of hydrogen-bond donors (Lipinski definition) is 1. The normalized spacial score (nSPS) is 25.6. The predicted octanol–water partition coefficient (Wildman–Crippen LogP) is 3.25. The van der Waals surface area contributed by atoms with Gasteiger partial charge in [-0.3, -0.25) is 4.98 Å². The van der Waals surface area contributed by atoms with Gasteiger partial charge in [-0.1, -0.05) is 26.3 Å². The zero-order chi connectivity index (χ0) is 11.8. The molecular formula is C14H21NO. The number of pyridine rings is 1. The molecule has 1 saturated carbocycles. The first kappa shape index (κ1) is 11.6. The highest BCUT2D eigenvalue weighted by atomic mass is 16.3. The SMILES string of the molecule is Cc1cncc(C(O)C2CCCC2(C)C)c1. The van der Waals surface area contributed by atoms with Crippen LogP contribution in [0.2, 0.25) is 0 Å². The van der Waals surface area contributed by atoms with Crippen molar-refractivity contribution in [3.63, 3.8) is 0 Å². The molecule has 1 aliphatic rings. The number of nitrogens with zero attached hydrogens (tertiary/aromatic N) is 1. The molecule has 1 fully saturated rings. The summed E-state index contributed by atoms with van der Waals surface area (Å²) in [4.78, 5) is 4.16. The van der Waals surface area contributed by atoms with E-state index in [4.69, 9.17) is 0 Å². The summed E-state index contributed by atoms with van der Waals surface area (Å²) >= 11 is 0. The summed E-state index contributed by atoms with van der Waals surface area (Å²) in [5, 5.41) is 10.4. The van der Waals surface area contributed by atoms with Gasteiger partial charge < -0.3 is 5.11 Å². The molecule has 0 saturated heterocycles. The van der Waals surface area contributed by atoms with Crippen LogP contribution >= 0.6 is 0 Å². The van der Waals surface area contributed by atoms with Gasteiger partial charge in [0.1, 0.15) is 0 Å². The first-order chi connectivity index (χ1) is 7.50. The average Bonchev–Trinajstić information content (AvgIpc) is 2.57. The fourth-order valence-electron chi connectivity index (χ4n) is 2.91. The monoisotopic (exact) mass is 219 g/mol. The van der Waals surface area contributed by atoms with Crippen molar-refractivity contribution in [2.75, 3.05) is 0 Å². The van der Waals surface area contributed by atoms with Crippen LogP contribution in [-0.4, -0.2) is 10.1 Å². The zero-order valence-corrected chi connectivity index (χ0v) is 10.4. The van der Waals surface area contributed by atoms with Crippen molar-refractivity contribution in [3.8, 4) is 0 Å². The van der Waals surface area contributed by atoms with Crippen molar-refractivity contribution in [1.82, 2.24) is 4.98 Å². The van der Waals surface area contributed by atoms with Gasteiger partial charge in [0.15, 0.2) is 0 Å². The molecule has 16 heavy (non-hydrogen) atoms. The van der Waals surface area contributed by atoms with Crippen molar-refractivity contribution in [3.05, 3.63) is 29.6 Å². The molecule has 0 radical (unpaired) electrons. The third-order valence-electron chi connectivity index (χ3n) is 3.96. The maximum absolute atomic E-state index is 10.4. The summed E-state index contributed by atoms with van der Waals surface area (Å²) in [6.45, 7) is 6.54. The van der Waals surface area contributed by atoms with Crippen molar-refractivity contribution >= 4 is 0 Å². The van der Waals surface area contributed by atoms with Gasteiger partial charge in [-0.15, -0.1) is 0 Å². The summed E-state index contributed by atoms with van der Waals surface area (Å²) in [7, 11) is 0. The van der Waals surface area contributed by atoms with E-state index < -0.39 is 0 Å². The molecule has 2 heteroatoms. The second-order valence-electron chi connectivity index (χ2n) is 5.73. The molecule has 0 bridgehead atoms. The van der Waals surface area contributed by atoms with Crippen LogP contribution in [0.3, 0.4) is 0 Å². The van der Waals surface area contributed by atoms with Crippen LogP contribution in [0.5, 0.6) is 0 Å². The molecule has 1 heterocycles. The van der Waals surface area contributed by atoms with E-state index in [1.165, 1.54) is 12.8 Å². The first-order valence-corrected chi connectivity index (χ1v) is 6.10. The van der Waals surface area contributed by atoms with Crippen LogP contribution in [-0.2, 0) is 0 Å². The molecule has 0 spiro atoms. The number of rotatable bonds is 2. The fourth-order valence-corrected chi connectivity index (χ4v) is 2.91. The van der Waals surface area contributed by atoms with Crippen LogP contribution in [0.25, 0.3) is 0 Å². The molecule has 2 atom stereocenters. The summed E-state index contributed by atoms with van der Waals surface area (Å²) in [6.07, 6.45) is 6.84. The van der Waals surface area contributed by atoms with Crippen LogP contribution in [0.15, 0.2) is 18.5 Å². The Hall–Kier alpha value is -0.890. The number of hydrogen-bond acceptors (Lipinski definition) is 2. The van der Waals surface area contributed by atoms with Crippen molar-refractivity contribution in [1.29, 1.82) is 0 Å². The maximum atomic E-state index is 10.4. The zero-order valence-electron chi connectivity index (χ0n) is 10.4. The van der Waals surface area contributed by atoms with E-state index in [0.29, 0.717) is 5.92 Å². The van der Waals surface area contributed by atoms with E-state index in [0.717, 1.165) is 17.5 Å². The Morgan fingerprint density at radius 3 is 2.75 bits per heavy atom. The predicted molar refractivity (Wildman–Crippen MR) is 65.1 cm³/mol. The van der Waals surface area contributed by atoms with E-state index in [2.05, 4.69) is 18.8 Å². The molecular weight excluding hydrogens is 198 g/mol. The Balaban J connectivity index is 2.22. The number of aliphatic hydroxyl groups excluding tert-OH is 1. The molecule has 1 aromatic rings. The highest BCUT2D eigenvalue weighted by molar-refractivity contribution is 5.20. The lowest BCUT2D eigenvalue weighted by atomic mass is 9.77. The van der Waals surface area contributed by atoms with E-state index in [1.807, 2.05) is 19.2 Å². The minimum Gasteiger partial charge on any atom is -0.388 e. The van der Waals surface area contributed by atoms with Crippen LogP contribution in [0.1, 0.15) is 50.3 Å². The summed E-state index contributed by atoms with van der Waals surface area (Å²) in [6, 6.07) is 2.05. The molecule has 0 aliphatic heterocycles. The van der Waals surface area contributed by atoms with Gasteiger partial charge in [0.25, 0.3) is 0 Å². The lowest BCUT2D eigenvalue weighted by Crippen LogP contribution is -2.24. The van der Waals surface area contributed by atoms with Gasteiger partial charge in [0.05, 0.1) is 6.10 Å². The Kier molecular flexibility index (Phi) is 3.02. The topological polar surface area (TPSA) is 33.1 Å².